The second-order valence-electron chi connectivity index (χ2n) is 5.10. The number of fused-ring (bicyclic) bond motifs is 1. The summed E-state index contributed by atoms with van der Waals surface area (Å²) in [6, 6.07) is 8.17. The fourth-order valence-electron chi connectivity index (χ4n) is 2.58. The molecule has 1 aliphatic rings. The van der Waals surface area contributed by atoms with Crippen LogP contribution in [-0.2, 0) is 18.4 Å². The van der Waals surface area contributed by atoms with Gasteiger partial charge < -0.3 is 15.2 Å². The van der Waals surface area contributed by atoms with E-state index in [9.17, 15) is 4.79 Å². The number of amides is 1. The molecule has 0 aliphatic carbocycles. The molecule has 0 fully saturated rings. The van der Waals surface area contributed by atoms with Crippen molar-refractivity contribution in [1.29, 1.82) is 0 Å². The minimum atomic E-state index is 0.0662. The Bertz CT molecular complexity index is 620. The minimum Gasteiger partial charge on any atom is -0.384 e. The van der Waals surface area contributed by atoms with E-state index in [1.807, 2.05) is 29.9 Å². The second kappa shape index (κ2) is 5.36. The van der Waals surface area contributed by atoms with E-state index in [0.29, 0.717) is 13.0 Å². The molecular formula is C15H18N4O. The maximum atomic E-state index is 12.0. The first-order valence-corrected chi connectivity index (χ1v) is 6.80. The first-order chi connectivity index (χ1) is 9.74. The highest BCUT2D eigenvalue weighted by Crippen LogP contribution is 2.32. The zero-order valence-electron chi connectivity index (χ0n) is 11.5. The first kappa shape index (κ1) is 12.7. The molecular weight excluding hydrogens is 252 g/mol. The highest BCUT2D eigenvalue weighted by molar-refractivity contribution is 5.78. The Hall–Kier alpha value is -2.30. The zero-order chi connectivity index (χ0) is 13.9. The van der Waals surface area contributed by atoms with E-state index in [4.69, 9.17) is 0 Å². The number of nitrogens with one attached hydrogen (secondary N) is 2. The van der Waals surface area contributed by atoms with Gasteiger partial charge in [-0.1, -0.05) is 18.2 Å². The Morgan fingerprint density at radius 1 is 1.50 bits per heavy atom. The molecule has 2 N–H and O–H groups in total. The number of anilines is 1. The summed E-state index contributed by atoms with van der Waals surface area (Å²) in [7, 11) is 1.92. The molecule has 104 valence electrons. The van der Waals surface area contributed by atoms with Crippen molar-refractivity contribution in [3.8, 4) is 0 Å². The molecule has 0 saturated heterocycles. The number of carbonyl (C=O) groups excluding carboxylic acids is 1. The largest absolute Gasteiger partial charge is 0.384 e. The van der Waals surface area contributed by atoms with Crippen LogP contribution < -0.4 is 10.6 Å². The van der Waals surface area contributed by atoms with Crippen LogP contribution in [-0.4, -0.2) is 22.0 Å². The van der Waals surface area contributed by atoms with Crippen LogP contribution in [0.4, 0.5) is 5.69 Å². The van der Waals surface area contributed by atoms with Crippen molar-refractivity contribution in [2.75, 3.05) is 11.9 Å². The number of hydrogen-bond donors (Lipinski definition) is 2. The summed E-state index contributed by atoms with van der Waals surface area (Å²) in [6.45, 7) is 1.30. The number of rotatable bonds is 4. The van der Waals surface area contributed by atoms with E-state index in [1.54, 1.807) is 6.20 Å². The second-order valence-corrected chi connectivity index (χ2v) is 5.10. The SMILES string of the molecule is Cn1ccnc1CNC(=O)CC1CNc2ccccc21. The molecule has 5 nitrogen and oxygen atoms in total. The highest BCUT2D eigenvalue weighted by Gasteiger charge is 2.23. The number of aromatic nitrogens is 2. The van der Waals surface area contributed by atoms with Gasteiger partial charge in [-0.05, 0) is 11.6 Å². The zero-order valence-corrected chi connectivity index (χ0v) is 11.5. The summed E-state index contributed by atoms with van der Waals surface area (Å²) in [5.74, 6) is 1.19. The predicted octanol–water partition coefficient (Wildman–Crippen LogP) is 1.64. The van der Waals surface area contributed by atoms with Gasteiger partial charge in [0.05, 0.1) is 6.54 Å². The average molecular weight is 270 g/mol. The Morgan fingerprint density at radius 3 is 3.15 bits per heavy atom. The quantitative estimate of drug-likeness (QED) is 0.888. The van der Waals surface area contributed by atoms with Gasteiger partial charge in [-0.15, -0.1) is 0 Å². The molecule has 20 heavy (non-hydrogen) atoms. The van der Waals surface area contributed by atoms with Gasteiger partial charge in [0.25, 0.3) is 0 Å². The standard InChI is InChI=1S/C15H18N4O/c1-19-7-6-16-14(19)10-18-15(20)8-11-9-17-13-5-3-2-4-12(11)13/h2-7,11,17H,8-10H2,1H3,(H,18,20). The summed E-state index contributed by atoms with van der Waals surface area (Å²) < 4.78 is 1.91. The molecule has 0 saturated carbocycles. The van der Waals surface area contributed by atoms with Gasteiger partial charge in [0, 0.05) is 44.0 Å². The van der Waals surface area contributed by atoms with Gasteiger partial charge >= 0.3 is 0 Å². The number of benzene rings is 1. The molecule has 1 unspecified atom stereocenters. The average Bonchev–Trinajstić information content (AvgIpc) is 3.04. The lowest BCUT2D eigenvalue weighted by Crippen LogP contribution is -2.26. The van der Waals surface area contributed by atoms with Crippen LogP contribution in [0.1, 0.15) is 23.7 Å². The van der Waals surface area contributed by atoms with Crippen LogP contribution >= 0.6 is 0 Å². The first-order valence-electron chi connectivity index (χ1n) is 6.80. The lowest BCUT2D eigenvalue weighted by atomic mass is 9.97. The van der Waals surface area contributed by atoms with Crippen LogP contribution in [0.3, 0.4) is 0 Å². The summed E-state index contributed by atoms with van der Waals surface area (Å²) in [5, 5.41) is 6.27. The van der Waals surface area contributed by atoms with Gasteiger partial charge in [-0.2, -0.15) is 0 Å². The van der Waals surface area contributed by atoms with Crippen LogP contribution in [0, 0.1) is 0 Å². The summed E-state index contributed by atoms with van der Waals surface area (Å²) in [4.78, 5) is 16.2. The van der Waals surface area contributed by atoms with Crippen molar-refractivity contribution in [2.24, 2.45) is 7.05 Å². The topological polar surface area (TPSA) is 59.0 Å². The molecule has 1 aromatic carbocycles. The number of nitrogens with zero attached hydrogens (tertiary/aromatic N) is 2. The Labute approximate surface area is 118 Å². The Morgan fingerprint density at radius 2 is 2.35 bits per heavy atom. The molecule has 3 rings (SSSR count). The lowest BCUT2D eigenvalue weighted by Gasteiger charge is -2.10. The third kappa shape index (κ3) is 2.52. The molecule has 2 aromatic rings. The molecule has 1 atom stereocenters. The van der Waals surface area contributed by atoms with Crippen molar-refractivity contribution in [2.45, 2.75) is 18.9 Å². The maximum absolute atomic E-state index is 12.0. The number of imidazole rings is 1. The van der Waals surface area contributed by atoms with Gasteiger partial charge in [0.15, 0.2) is 0 Å². The van der Waals surface area contributed by atoms with Gasteiger partial charge in [0.1, 0.15) is 5.82 Å². The summed E-state index contributed by atoms with van der Waals surface area (Å²) >= 11 is 0. The number of para-hydroxylation sites is 1. The minimum absolute atomic E-state index is 0.0662. The van der Waals surface area contributed by atoms with Crippen LogP contribution in [0.25, 0.3) is 0 Å². The van der Waals surface area contributed by atoms with E-state index >= 15 is 0 Å². The van der Waals surface area contributed by atoms with E-state index in [2.05, 4.69) is 27.8 Å². The van der Waals surface area contributed by atoms with E-state index < -0.39 is 0 Å². The van der Waals surface area contributed by atoms with Crippen molar-refractivity contribution in [1.82, 2.24) is 14.9 Å². The van der Waals surface area contributed by atoms with Crippen molar-refractivity contribution >= 4 is 11.6 Å². The molecule has 1 aromatic heterocycles. The molecule has 0 spiro atoms. The molecule has 0 bridgehead atoms. The number of hydrogen-bond acceptors (Lipinski definition) is 3. The Balaban J connectivity index is 1.57. The molecule has 0 radical (unpaired) electrons. The fourth-order valence-corrected chi connectivity index (χ4v) is 2.58. The lowest BCUT2D eigenvalue weighted by molar-refractivity contribution is -0.121. The molecule has 1 aliphatic heterocycles. The van der Waals surface area contributed by atoms with E-state index in [0.717, 1.165) is 18.1 Å². The number of carbonyl (C=O) groups is 1. The van der Waals surface area contributed by atoms with E-state index in [-0.39, 0.29) is 11.8 Å². The monoisotopic (exact) mass is 270 g/mol. The van der Waals surface area contributed by atoms with Crippen LogP contribution in [0.2, 0.25) is 0 Å². The molecule has 5 heteroatoms. The van der Waals surface area contributed by atoms with Crippen molar-refractivity contribution in [3.05, 3.63) is 48.0 Å². The Kier molecular flexibility index (Phi) is 3.41. The third-order valence-electron chi connectivity index (χ3n) is 3.74. The number of aryl methyl sites for hydroxylation is 1. The van der Waals surface area contributed by atoms with Gasteiger partial charge in [-0.25, -0.2) is 4.98 Å². The fraction of sp³-hybridized carbons (Fsp3) is 0.333. The van der Waals surface area contributed by atoms with Gasteiger partial charge in [0.2, 0.25) is 5.91 Å². The summed E-state index contributed by atoms with van der Waals surface area (Å²) in [6.07, 6.45) is 4.12. The van der Waals surface area contributed by atoms with Gasteiger partial charge in [-0.3, -0.25) is 4.79 Å². The predicted molar refractivity (Wildman–Crippen MR) is 77.3 cm³/mol. The highest BCUT2D eigenvalue weighted by atomic mass is 16.1. The van der Waals surface area contributed by atoms with Crippen LogP contribution in [0.15, 0.2) is 36.7 Å². The van der Waals surface area contributed by atoms with Crippen molar-refractivity contribution < 1.29 is 4.79 Å². The molecule has 2 heterocycles. The summed E-state index contributed by atoms with van der Waals surface area (Å²) in [5.41, 5.74) is 2.38. The molecule has 1 amide bonds. The third-order valence-corrected chi connectivity index (χ3v) is 3.74. The van der Waals surface area contributed by atoms with Crippen LogP contribution in [0.5, 0.6) is 0 Å². The smallest absolute Gasteiger partial charge is 0.221 e. The van der Waals surface area contributed by atoms with Crippen molar-refractivity contribution in [3.63, 3.8) is 0 Å². The maximum Gasteiger partial charge on any atom is 0.221 e. The van der Waals surface area contributed by atoms with E-state index in [1.165, 1.54) is 5.56 Å². The normalized spacial score (nSPS) is 16.6.